The van der Waals surface area contributed by atoms with E-state index in [0.29, 0.717) is 23.1 Å². The molecule has 5 nitrogen and oxygen atoms in total. The van der Waals surface area contributed by atoms with Gasteiger partial charge in [0.1, 0.15) is 11.6 Å². The lowest BCUT2D eigenvalue weighted by molar-refractivity contribution is -0.133. The summed E-state index contributed by atoms with van der Waals surface area (Å²) in [5, 5.41) is 17.1. The van der Waals surface area contributed by atoms with Crippen LogP contribution in [0.4, 0.5) is 4.39 Å². The number of rotatable bonds is 6. The number of halogens is 1. The summed E-state index contributed by atoms with van der Waals surface area (Å²) in [7, 11) is 0. The Balaban J connectivity index is 2.44. The van der Waals surface area contributed by atoms with Crippen molar-refractivity contribution < 1.29 is 14.3 Å². The minimum absolute atomic E-state index is 0.140. The first kappa shape index (κ1) is 14.5. The van der Waals surface area contributed by atoms with Gasteiger partial charge in [0.25, 0.3) is 0 Å². The number of aliphatic carboxylic acids is 1. The van der Waals surface area contributed by atoms with Gasteiger partial charge < -0.3 is 5.11 Å². The van der Waals surface area contributed by atoms with Crippen LogP contribution in [-0.4, -0.2) is 31.6 Å². The summed E-state index contributed by atoms with van der Waals surface area (Å²) in [5.74, 6) is -0.846. The van der Waals surface area contributed by atoms with Gasteiger partial charge in [-0.05, 0) is 18.6 Å². The second kappa shape index (κ2) is 6.51. The Morgan fingerprint density at radius 3 is 2.80 bits per heavy atom. The molecule has 0 aliphatic rings. The van der Waals surface area contributed by atoms with E-state index >= 15 is 0 Å². The van der Waals surface area contributed by atoms with Crippen molar-refractivity contribution in [2.45, 2.75) is 24.9 Å². The highest BCUT2D eigenvalue weighted by Gasteiger charge is 2.17. The fourth-order valence-electron chi connectivity index (χ4n) is 1.78. The molecule has 1 aromatic carbocycles. The van der Waals surface area contributed by atoms with E-state index in [1.165, 1.54) is 6.07 Å². The zero-order chi connectivity index (χ0) is 14.5. The predicted octanol–water partition coefficient (Wildman–Crippen LogP) is 2.54. The molecule has 0 bridgehead atoms. The van der Waals surface area contributed by atoms with Crippen LogP contribution in [0.25, 0.3) is 5.69 Å². The highest BCUT2D eigenvalue weighted by atomic mass is 32.2. The molecule has 0 aliphatic carbocycles. The standard InChI is InChI=1S/C13H14FN3O2S/c1-2-5-11-15-16-13(20-8-12(18)19)17(11)10-7-4-3-6-9(10)14/h3-4,6-7H,2,5,8H2,1H3,(H,18,19). The fourth-order valence-corrected chi connectivity index (χ4v) is 2.46. The molecule has 1 aromatic heterocycles. The van der Waals surface area contributed by atoms with E-state index in [0.717, 1.165) is 18.2 Å². The summed E-state index contributed by atoms with van der Waals surface area (Å²) in [6.07, 6.45) is 1.49. The molecule has 1 N–H and O–H groups in total. The van der Waals surface area contributed by atoms with Gasteiger partial charge in [-0.25, -0.2) is 4.39 Å². The molecule has 0 saturated heterocycles. The van der Waals surface area contributed by atoms with Crippen molar-refractivity contribution in [3.63, 3.8) is 0 Å². The third-order valence-corrected chi connectivity index (χ3v) is 3.51. The van der Waals surface area contributed by atoms with Gasteiger partial charge in [-0.2, -0.15) is 0 Å². The zero-order valence-corrected chi connectivity index (χ0v) is 11.7. The Morgan fingerprint density at radius 2 is 2.15 bits per heavy atom. The average molecular weight is 295 g/mol. The molecule has 0 spiro atoms. The Hall–Kier alpha value is -1.89. The summed E-state index contributed by atoms with van der Waals surface area (Å²) in [6, 6.07) is 6.31. The zero-order valence-electron chi connectivity index (χ0n) is 10.9. The molecule has 0 saturated carbocycles. The number of aromatic nitrogens is 3. The van der Waals surface area contributed by atoms with Crippen LogP contribution >= 0.6 is 11.8 Å². The number of hydrogen-bond donors (Lipinski definition) is 1. The first-order valence-electron chi connectivity index (χ1n) is 6.17. The van der Waals surface area contributed by atoms with Crippen molar-refractivity contribution >= 4 is 17.7 Å². The topological polar surface area (TPSA) is 68.0 Å². The van der Waals surface area contributed by atoms with E-state index in [1.807, 2.05) is 6.92 Å². The average Bonchev–Trinajstić information content (AvgIpc) is 2.80. The molecule has 7 heteroatoms. The van der Waals surface area contributed by atoms with Crippen LogP contribution in [0.2, 0.25) is 0 Å². The summed E-state index contributed by atoms with van der Waals surface area (Å²) < 4.78 is 15.5. The Bertz CT molecular complexity index is 615. The van der Waals surface area contributed by atoms with Crippen molar-refractivity contribution in [2.24, 2.45) is 0 Å². The van der Waals surface area contributed by atoms with Crippen LogP contribution < -0.4 is 0 Å². The molecule has 0 atom stereocenters. The van der Waals surface area contributed by atoms with Crippen LogP contribution in [-0.2, 0) is 11.2 Å². The number of carbonyl (C=O) groups is 1. The van der Waals surface area contributed by atoms with Crippen LogP contribution in [0.3, 0.4) is 0 Å². The number of para-hydroxylation sites is 1. The minimum atomic E-state index is -0.949. The molecule has 0 radical (unpaired) electrons. The summed E-state index contributed by atoms with van der Waals surface area (Å²) in [4.78, 5) is 10.7. The van der Waals surface area contributed by atoms with Crippen molar-refractivity contribution in [3.05, 3.63) is 35.9 Å². The molecule has 2 aromatic rings. The van der Waals surface area contributed by atoms with Crippen LogP contribution in [0.15, 0.2) is 29.4 Å². The number of carboxylic acid groups (broad SMARTS) is 1. The number of benzene rings is 1. The number of thioether (sulfide) groups is 1. The Labute approximate surface area is 119 Å². The van der Waals surface area contributed by atoms with Gasteiger partial charge >= 0.3 is 5.97 Å². The van der Waals surface area contributed by atoms with Crippen LogP contribution in [0.1, 0.15) is 19.2 Å². The van der Waals surface area contributed by atoms with Gasteiger partial charge in [0.15, 0.2) is 5.16 Å². The third-order valence-electron chi connectivity index (χ3n) is 2.59. The maximum atomic E-state index is 14.0. The maximum Gasteiger partial charge on any atom is 0.313 e. The molecule has 0 fully saturated rings. The molecule has 0 unspecified atom stereocenters. The first-order valence-corrected chi connectivity index (χ1v) is 7.15. The summed E-state index contributed by atoms with van der Waals surface area (Å²) >= 11 is 1.03. The smallest absolute Gasteiger partial charge is 0.313 e. The normalized spacial score (nSPS) is 10.7. The predicted molar refractivity (Wildman–Crippen MR) is 73.7 cm³/mol. The Morgan fingerprint density at radius 1 is 1.40 bits per heavy atom. The van der Waals surface area contributed by atoms with E-state index in [-0.39, 0.29) is 11.6 Å². The van der Waals surface area contributed by atoms with Gasteiger partial charge in [0, 0.05) is 6.42 Å². The van der Waals surface area contributed by atoms with Crippen molar-refractivity contribution in [3.8, 4) is 5.69 Å². The van der Waals surface area contributed by atoms with Crippen molar-refractivity contribution in [1.29, 1.82) is 0 Å². The Kier molecular flexibility index (Phi) is 4.73. The molecular weight excluding hydrogens is 281 g/mol. The lowest BCUT2D eigenvalue weighted by Gasteiger charge is -2.10. The van der Waals surface area contributed by atoms with Gasteiger partial charge in [-0.1, -0.05) is 30.8 Å². The quantitative estimate of drug-likeness (QED) is 0.829. The number of hydrogen-bond acceptors (Lipinski definition) is 4. The van der Waals surface area contributed by atoms with E-state index in [1.54, 1.807) is 22.8 Å². The fraction of sp³-hybridized carbons (Fsp3) is 0.308. The van der Waals surface area contributed by atoms with Crippen LogP contribution in [0, 0.1) is 5.82 Å². The largest absolute Gasteiger partial charge is 0.481 e. The van der Waals surface area contributed by atoms with E-state index in [9.17, 15) is 9.18 Å². The third kappa shape index (κ3) is 3.16. The molecule has 20 heavy (non-hydrogen) atoms. The van der Waals surface area contributed by atoms with Gasteiger partial charge in [0.05, 0.1) is 11.4 Å². The molecule has 0 amide bonds. The lowest BCUT2D eigenvalue weighted by atomic mass is 10.2. The van der Waals surface area contributed by atoms with Crippen LogP contribution in [0.5, 0.6) is 0 Å². The van der Waals surface area contributed by atoms with Crippen molar-refractivity contribution in [1.82, 2.24) is 14.8 Å². The second-order valence-electron chi connectivity index (χ2n) is 4.12. The lowest BCUT2D eigenvalue weighted by Crippen LogP contribution is -2.06. The molecular formula is C13H14FN3O2S. The summed E-state index contributed by atoms with van der Waals surface area (Å²) in [6.45, 7) is 1.99. The van der Waals surface area contributed by atoms with Crippen molar-refractivity contribution in [2.75, 3.05) is 5.75 Å². The number of carboxylic acids is 1. The number of nitrogens with zero attached hydrogens (tertiary/aromatic N) is 3. The highest BCUT2D eigenvalue weighted by molar-refractivity contribution is 7.99. The van der Waals surface area contributed by atoms with Gasteiger partial charge in [-0.3, -0.25) is 9.36 Å². The second-order valence-corrected chi connectivity index (χ2v) is 5.06. The SMILES string of the molecule is CCCc1nnc(SCC(=O)O)n1-c1ccccc1F. The van der Waals surface area contributed by atoms with E-state index < -0.39 is 5.97 Å². The molecule has 1 heterocycles. The van der Waals surface area contributed by atoms with E-state index in [4.69, 9.17) is 5.11 Å². The molecule has 2 rings (SSSR count). The maximum absolute atomic E-state index is 14.0. The van der Waals surface area contributed by atoms with Gasteiger partial charge in [0.2, 0.25) is 0 Å². The molecule has 0 aliphatic heterocycles. The highest BCUT2D eigenvalue weighted by Crippen LogP contribution is 2.24. The van der Waals surface area contributed by atoms with E-state index in [2.05, 4.69) is 10.2 Å². The molecule has 106 valence electrons. The van der Waals surface area contributed by atoms with Gasteiger partial charge in [-0.15, -0.1) is 10.2 Å². The minimum Gasteiger partial charge on any atom is -0.481 e. The summed E-state index contributed by atoms with van der Waals surface area (Å²) in [5.41, 5.74) is 0.342. The first-order chi connectivity index (χ1) is 9.63. The number of aryl methyl sites for hydroxylation is 1. The monoisotopic (exact) mass is 295 g/mol.